The van der Waals surface area contributed by atoms with E-state index in [0.717, 1.165) is 6.42 Å². The molecule has 128 valence electrons. The van der Waals surface area contributed by atoms with Crippen LogP contribution >= 0.6 is 11.6 Å². The summed E-state index contributed by atoms with van der Waals surface area (Å²) in [5, 5.41) is 17.4. The molecule has 0 aliphatic carbocycles. The van der Waals surface area contributed by atoms with E-state index in [1.54, 1.807) is 15.8 Å². The molecule has 8 heteroatoms. The highest BCUT2D eigenvalue weighted by molar-refractivity contribution is 6.33. The third kappa shape index (κ3) is 4.45. The van der Waals surface area contributed by atoms with Gasteiger partial charge in [-0.15, -0.1) is 0 Å². The van der Waals surface area contributed by atoms with Crippen molar-refractivity contribution >= 4 is 23.4 Å². The predicted molar refractivity (Wildman–Crippen MR) is 86.3 cm³/mol. The number of hydrogen-bond acceptors (Lipinski definition) is 4. The van der Waals surface area contributed by atoms with Gasteiger partial charge in [-0.3, -0.25) is 14.3 Å². The average molecular weight is 343 g/mol. The van der Waals surface area contributed by atoms with Crippen LogP contribution in [0.25, 0.3) is 0 Å². The number of nitrogens with zero attached hydrogens (tertiary/aromatic N) is 3. The van der Waals surface area contributed by atoms with E-state index in [1.165, 1.54) is 6.92 Å². The Hall–Kier alpha value is -1.60. The zero-order valence-corrected chi connectivity index (χ0v) is 14.2. The van der Waals surface area contributed by atoms with Gasteiger partial charge in [-0.25, -0.2) is 0 Å². The van der Waals surface area contributed by atoms with E-state index in [9.17, 15) is 14.7 Å². The molecule has 1 aromatic rings. The maximum atomic E-state index is 12.6. The van der Waals surface area contributed by atoms with Crippen molar-refractivity contribution in [3.8, 4) is 0 Å². The molecule has 2 N–H and O–H groups in total. The van der Waals surface area contributed by atoms with Crippen LogP contribution < -0.4 is 5.32 Å². The Labute approximate surface area is 140 Å². The molecule has 1 fully saturated rings. The molecule has 2 rings (SSSR count). The van der Waals surface area contributed by atoms with E-state index >= 15 is 0 Å². The molecule has 2 atom stereocenters. The van der Waals surface area contributed by atoms with Gasteiger partial charge in [-0.05, 0) is 19.3 Å². The summed E-state index contributed by atoms with van der Waals surface area (Å²) in [6.07, 6.45) is 2.80. The molecule has 7 nitrogen and oxygen atoms in total. The van der Waals surface area contributed by atoms with Crippen LogP contribution in [0.1, 0.15) is 43.6 Å². The smallest absolute Gasteiger partial charge is 0.275 e. The van der Waals surface area contributed by atoms with Crippen molar-refractivity contribution in [1.82, 2.24) is 20.0 Å². The summed E-state index contributed by atoms with van der Waals surface area (Å²) in [5.41, 5.74) is 0.243. The van der Waals surface area contributed by atoms with Gasteiger partial charge in [0.05, 0.1) is 17.2 Å². The third-order valence-electron chi connectivity index (χ3n) is 3.92. The molecule has 2 heterocycles. The highest BCUT2D eigenvalue weighted by Crippen LogP contribution is 2.19. The lowest BCUT2D eigenvalue weighted by Crippen LogP contribution is -2.42. The second-order valence-electron chi connectivity index (χ2n) is 5.83. The Balaban J connectivity index is 2.07. The second-order valence-corrected chi connectivity index (χ2v) is 6.24. The van der Waals surface area contributed by atoms with Crippen LogP contribution in [-0.4, -0.2) is 56.8 Å². The fraction of sp³-hybridized carbons (Fsp3) is 0.667. The van der Waals surface area contributed by atoms with Crippen LogP contribution in [0.4, 0.5) is 0 Å². The Morgan fingerprint density at radius 2 is 2.13 bits per heavy atom. The third-order valence-corrected chi connectivity index (χ3v) is 4.19. The van der Waals surface area contributed by atoms with Crippen molar-refractivity contribution in [3.05, 3.63) is 16.9 Å². The summed E-state index contributed by atoms with van der Waals surface area (Å²) >= 11 is 6.12. The summed E-state index contributed by atoms with van der Waals surface area (Å²) in [4.78, 5) is 25.4. The van der Waals surface area contributed by atoms with Gasteiger partial charge in [0, 0.05) is 32.8 Å². The zero-order valence-electron chi connectivity index (χ0n) is 13.5. The number of aryl methyl sites for hydroxylation is 1. The van der Waals surface area contributed by atoms with E-state index in [-0.39, 0.29) is 23.6 Å². The molecule has 0 radical (unpaired) electrons. The quantitative estimate of drug-likeness (QED) is 0.856. The van der Waals surface area contributed by atoms with Crippen molar-refractivity contribution < 1.29 is 14.7 Å². The molecule has 1 aliphatic rings. The highest BCUT2D eigenvalue weighted by Gasteiger charge is 2.29. The minimum atomic E-state index is -0.662. The van der Waals surface area contributed by atoms with E-state index < -0.39 is 6.10 Å². The predicted octanol–water partition coefficient (Wildman–Crippen LogP) is 1.05. The lowest BCUT2D eigenvalue weighted by molar-refractivity contribution is -0.120. The van der Waals surface area contributed by atoms with E-state index in [0.29, 0.717) is 37.5 Å². The molecule has 0 bridgehead atoms. The van der Waals surface area contributed by atoms with Gasteiger partial charge < -0.3 is 15.3 Å². The number of halogens is 1. The summed E-state index contributed by atoms with van der Waals surface area (Å²) in [7, 11) is 0. The number of aromatic nitrogens is 2. The first-order valence-corrected chi connectivity index (χ1v) is 8.27. The van der Waals surface area contributed by atoms with E-state index in [4.69, 9.17) is 11.6 Å². The number of rotatable bonds is 4. The molecule has 1 saturated heterocycles. The van der Waals surface area contributed by atoms with Gasteiger partial charge in [-0.1, -0.05) is 18.5 Å². The Morgan fingerprint density at radius 1 is 1.43 bits per heavy atom. The minimum absolute atomic E-state index is 0.185. The SMILES string of the molecule is CCCn1cc(Cl)c(C(=O)N2CC[C@H](NC(C)=O)[C@@H](O)CC2)n1. The van der Waals surface area contributed by atoms with E-state index in [1.807, 2.05) is 6.92 Å². The normalized spacial score (nSPS) is 21.8. The number of nitrogens with one attached hydrogen (secondary N) is 1. The molecule has 0 saturated carbocycles. The lowest BCUT2D eigenvalue weighted by Gasteiger charge is -2.20. The molecule has 0 spiro atoms. The van der Waals surface area contributed by atoms with Gasteiger partial charge in [-0.2, -0.15) is 5.10 Å². The largest absolute Gasteiger partial charge is 0.391 e. The van der Waals surface area contributed by atoms with Crippen LogP contribution in [0.3, 0.4) is 0 Å². The fourth-order valence-electron chi connectivity index (χ4n) is 2.76. The standard InChI is InChI=1S/C15H23ClN4O3/c1-3-6-20-9-11(16)14(18-20)15(23)19-7-4-12(17-10(2)21)13(22)5-8-19/h9,12-13,22H,3-8H2,1-2H3,(H,17,21)/t12-,13-/m0/s1. The second kappa shape index (κ2) is 7.79. The number of amides is 2. The molecule has 1 aliphatic heterocycles. The zero-order chi connectivity index (χ0) is 17.0. The molecule has 1 aromatic heterocycles. The summed E-state index contributed by atoms with van der Waals surface area (Å²) in [6, 6.07) is -0.335. The molecular formula is C15H23ClN4O3. The van der Waals surface area contributed by atoms with Crippen LogP contribution in [0.15, 0.2) is 6.20 Å². The Kier molecular flexibility index (Phi) is 6.01. The lowest BCUT2D eigenvalue weighted by atomic mass is 10.1. The molecule has 0 unspecified atom stereocenters. The van der Waals surface area contributed by atoms with Crippen LogP contribution in [0, 0.1) is 0 Å². The first-order chi connectivity index (χ1) is 10.9. The molecule has 23 heavy (non-hydrogen) atoms. The fourth-order valence-corrected chi connectivity index (χ4v) is 2.99. The van der Waals surface area contributed by atoms with Gasteiger partial charge in [0.1, 0.15) is 0 Å². The summed E-state index contributed by atoms with van der Waals surface area (Å²) < 4.78 is 1.67. The highest BCUT2D eigenvalue weighted by atomic mass is 35.5. The van der Waals surface area contributed by atoms with Crippen LogP contribution in [0.2, 0.25) is 5.02 Å². The number of carbonyl (C=O) groups is 2. The number of likely N-dealkylation sites (tertiary alicyclic amines) is 1. The van der Waals surface area contributed by atoms with Crippen molar-refractivity contribution in [2.75, 3.05) is 13.1 Å². The number of hydrogen-bond donors (Lipinski definition) is 2. The van der Waals surface area contributed by atoms with Gasteiger partial charge in [0.25, 0.3) is 5.91 Å². The molecule has 2 amide bonds. The topological polar surface area (TPSA) is 87.5 Å². The molecular weight excluding hydrogens is 320 g/mol. The van der Waals surface area contributed by atoms with E-state index in [2.05, 4.69) is 10.4 Å². The van der Waals surface area contributed by atoms with Crippen LogP contribution in [0.5, 0.6) is 0 Å². The molecule has 0 aromatic carbocycles. The van der Waals surface area contributed by atoms with Crippen molar-refractivity contribution in [2.45, 2.75) is 51.8 Å². The van der Waals surface area contributed by atoms with Gasteiger partial charge in [0.15, 0.2) is 5.69 Å². The first kappa shape index (κ1) is 17.7. The minimum Gasteiger partial charge on any atom is -0.391 e. The van der Waals surface area contributed by atoms with Gasteiger partial charge >= 0.3 is 0 Å². The average Bonchev–Trinajstić information content (AvgIpc) is 2.75. The number of aliphatic hydroxyl groups is 1. The van der Waals surface area contributed by atoms with Crippen LogP contribution in [-0.2, 0) is 11.3 Å². The van der Waals surface area contributed by atoms with Crippen molar-refractivity contribution in [1.29, 1.82) is 0 Å². The maximum absolute atomic E-state index is 12.6. The van der Waals surface area contributed by atoms with Crippen molar-refractivity contribution in [3.63, 3.8) is 0 Å². The first-order valence-electron chi connectivity index (χ1n) is 7.89. The Morgan fingerprint density at radius 3 is 2.78 bits per heavy atom. The number of carbonyl (C=O) groups excluding carboxylic acids is 2. The Bertz CT molecular complexity index is 575. The van der Waals surface area contributed by atoms with Crippen molar-refractivity contribution in [2.24, 2.45) is 0 Å². The monoisotopic (exact) mass is 342 g/mol. The summed E-state index contributed by atoms with van der Waals surface area (Å²) in [5.74, 6) is -0.421. The van der Waals surface area contributed by atoms with Gasteiger partial charge in [0.2, 0.25) is 5.91 Å². The maximum Gasteiger partial charge on any atom is 0.275 e. The number of aliphatic hydroxyl groups excluding tert-OH is 1. The summed E-state index contributed by atoms with van der Waals surface area (Å²) in [6.45, 7) is 5.00.